The first kappa shape index (κ1) is 18.0. The van der Waals surface area contributed by atoms with Gasteiger partial charge >= 0.3 is 0 Å². The van der Waals surface area contributed by atoms with Crippen LogP contribution < -0.4 is 19.7 Å². The number of carbonyl (C=O) groups is 1. The fourth-order valence-electron chi connectivity index (χ4n) is 2.97. The van der Waals surface area contributed by atoms with Crippen LogP contribution in [-0.2, 0) is 0 Å². The zero-order valence-corrected chi connectivity index (χ0v) is 15.4. The number of piperazine rings is 1. The molecule has 0 bridgehead atoms. The third-order valence-corrected chi connectivity index (χ3v) is 4.51. The highest BCUT2D eigenvalue weighted by molar-refractivity contribution is 6.07. The van der Waals surface area contributed by atoms with Crippen molar-refractivity contribution in [1.82, 2.24) is 9.88 Å². The van der Waals surface area contributed by atoms with Crippen LogP contribution in [0.1, 0.15) is 10.4 Å². The molecule has 1 amide bonds. The average molecular weight is 356 g/mol. The number of rotatable bonds is 5. The first-order chi connectivity index (χ1) is 12.6. The number of hydrogen-bond acceptors (Lipinski definition) is 6. The van der Waals surface area contributed by atoms with Crippen LogP contribution in [0.3, 0.4) is 0 Å². The largest absolute Gasteiger partial charge is 0.496 e. The minimum Gasteiger partial charge on any atom is -0.496 e. The summed E-state index contributed by atoms with van der Waals surface area (Å²) in [5, 5.41) is 2.81. The van der Waals surface area contributed by atoms with Gasteiger partial charge in [0.15, 0.2) is 0 Å². The van der Waals surface area contributed by atoms with E-state index in [2.05, 4.69) is 27.1 Å². The molecule has 0 saturated carbocycles. The average Bonchev–Trinajstić information content (AvgIpc) is 2.68. The van der Waals surface area contributed by atoms with Crippen LogP contribution in [0.25, 0.3) is 0 Å². The summed E-state index contributed by atoms with van der Waals surface area (Å²) in [6.07, 6.45) is 1.79. The predicted octanol–water partition coefficient (Wildman–Crippen LogP) is 2.10. The highest BCUT2D eigenvalue weighted by Gasteiger charge is 2.19. The highest BCUT2D eigenvalue weighted by atomic mass is 16.5. The van der Waals surface area contributed by atoms with Crippen LogP contribution in [0.15, 0.2) is 36.5 Å². The number of nitrogens with one attached hydrogen (secondary N) is 1. The maximum absolute atomic E-state index is 12.7. The number of ether oxygens (including phenoxy) is 2. The molecule has 1 aliphatic rings. The van der Waals surface area contributed by atoms with Crippen molar-refractivity contribution < 1.29 is 14.3 Å². The molecule has 1 N–H and O–H groups in total. The predicted molar refractivity (Wildman–Crippen MR) is 101 cm³/mol. The first-order valence-electron chi connectivity index (χ1n) is 8.54. The molecule has 138 valence electrons. The second-order valence-electron chi connectivity index (χ2n) is 6.18. The van der Waals surface area contributed by atoms with Crippen molar-refractivity contribution >= 4 is 17.4 Å². The molecular weight excluding hydrogens is 332 g/mol. The molecular formula is C19H24N4O3. The minimum absolute atomic E-state index is 0.320. The van der Waals surface area contributed by atoms with Crippen LogP contribution in [0.5, 0.6) is 11.5 Å². The smallest absolute Gasteiger partial charge is 0.264 e. The Morgan fingerprint density at radius 3 is 2.23 bits per heavy atom. The van der Waals surface area contributed by atoms with Crippen LogP contribution >= 0.6 is 0 Å². The summed E-state index contributed by atoms with van der Waals surface area (Å²) >= 11 is 0. The Labute approximate surface area is 153 Å². The van der Waals surface area contributed by atoms with E-state index in [-0.39, 0.29) is 5.91 Å². The third-order valence-electron chi connectivity index (χ3n) is 4.51. The van der Waals surface area contributed by atoms with E-state index in [0.29, 0.717) is 22.9 Å². The summed E-state index contributed by atoms with van der Waals surface area (Å²) in [5.74, 6) is 1.08. The van der Waals surface area contributed by atoms with Gasteiger partial charge in [0.05, 0.1) is 26.1 Å². The van der Waals surface area contributed by atoms with E-state index >= 15 is 0 Å². The Bertz CT molecular complexity index is 734. The lowest BCUT2D eigenvalue weighted by Crippen LogP contribution is -2.44. The summed E-state index contributed by atoms with van der Waals surface area (Å²) in [6, 6.07) is 9.01. The molecule has 2 aromatic rings. The van der Waals surface area contributed by atoms with E-state index in [4.69, 9.17) is 9.47 Å². The van der Waals surface area contributed by atoms with Gasteiger partial charge in [0, 0.05) is 26.2 Å². The molecule has 1 aromatic heterocycles. The number of benzene rings is 1. The molecule has 7 heteroatoms. The fraction of sp³-hybridized carbons (Fsp3) is 0.368. The van der Waals surface area contributed by atoms with Gasteiger partial charge in [-0.3, -0.25) is 4.79 Å². The van der Waals surface area contributed by atoms with E-state index in [9.17, 15) is 4.79 Å². The van der Waals surface area contributed by atoms with Crippen molar-refractivity contribution in [3.8, 4) is 11.5 Å². The van der Waals surface area contributed by atoms with Crippen molar-refractivity contribution in [2.24, 2.45) is 0 Å². The molecule has 0 unspecified atom stereocenters. The number of likely N-dealkylation sites (N-methyl/N-ethyl adjacent to an activating group) is 1. The Balaban J connectivity index is 1.72. The minimum atomic E-state index is -0.320. The molecule has 2 heterocycles. The molecule has 1 aliphatic heterocycles. The van der Waals surface area contributed by atoms with Crippen molar-refractivity contribution in [2.75, 3.05) is 57.7 Å². The maximum Gasteiger partial charge on any atom is 0.264 e. The van der Waals surface area contributed by atoms with Gasteiger partial charge in [-0.05, 0) is 31.3 Å². The van der Waals surface area contributed by atoms with Gasteiger partial charge in [0.2, 0.25) is 0 Å². The van der Waals surface area contributed by atoms with Crippen molar-refractivity contribution in [2.45, 2.75) is 0 Å². The van der Waals surface area contributed by atoms with Crippen molar-refractivity contribution in [3.05, 3.63) is 42.1 Å². The maximum atomic E-state index is 12.7. The van der Waals surface area contributed by atoms with Crippen LogP contribution in [0.4, 0.5) is 11.5 Å². The van der Waals surface area contributed by atoms with E-state index < -0.39 is 0 Å². The second-order valence-corrected chi connectivity index (χ2v) is 6.18. The standard InChI is InChI=1S/C19H24N4O3/c1-22-9-11-23(12-10-22)14-7-8-17(20-13-14)21-19(24)18-15(25-2)5-4-6-16(18)26-3/h4-8,13H,9-12H2,1-3H3,(H,20,21,24). The number of carbonyl (C=O) groups excluding carboxylic acids is 1. The van der Waals surface area contributed by atoms with Crippen LogP contribution in [0.2, 0.25) is 0 Å². The molecule has 1 saturated heterocycles. The van der Waals surface area contributed by atoms with E-state index in [1.807, 2.05) is 12.1 Å². The van der Waals surface area contributed by atoms with Gasteiger partial charge < -0.3 is 24.6 Å². The molecule has 1 aromatic carbocycles. The number of amides is 1. The summed E-state index contributed by atoms with van der Waals surface area (Å²) in [5.41, 5.74) is 1.41. The summed E-state index contributed by atoms with van der Waals surface area (Å²) in [7, 11) is 5.17. The van der Waals surface area contributed by atoms with Crippen molar-refractivity contribution in [1.29, 1.82) is 0 Å². The lowest BCUT2D eigenvalue weighted by atomic mass is 10.1. The summed E-state index contributed by atoms with van der Waals surface area (Å²) in [6.45, 7) is 4.02. The van der Waals surface area contributed by atoms with E-state index in [1.54, 1.807) is 24.4 Å². The first-order valence-corrected chi connectivity index (χ1v) is 8.54. The van der Waals surface area contributed by atoms with Gasteiger partial charge in [-0.25, -0.2) is 4.98 Å². The Morgan fingerprint density at radius 2 is 1.69 bits per heavy atom. The number of nitrogens with zero attached hydrogens (tertiary/aromatic N) is 3. The number of pyridine rings is 1. The summed E-state index contributed by atoms with van der Waals surface area (Å²) in [4.78, 5) is 21.6. The Hall–Kier alpha value is -2.80. The molecule has 0 spiro atoms. The Kier molecular flexibility index (Phi) is 5.58. The van der Waals surface area contributed by atoms with Crippen LogP contribution in [-0.4, -0.2) is 63.2 Å². The quantitative estimate of drug-likeness (QED) is 0.885. The number of anilines is 2. The molecule has 1 fully saturated rings. The number of aromatic nitrogens is 1. The summed E-state index contributed by atoms with van der Waals surface area (Å²) < 4.78 is 10.6. The SMILES string of the molecule is COc1cccc(OC)c1C(=O)Nc1ccc(N2CCN(C)CC2)cn1. The second kappa shape index (κ2) is 8.05. The molecule has 26 heavy (non-hydrogen) atoms. The molecule has 0 radical (unpaired) electrons. The highest BCUT2D eigenvalue weighted by Crippen LogP contribution is 2.29. The van der Waals surface area contributed by atoms with Gasteiger partial charge in [0.25, 0.3) is 5.91 Å². The topological polar surface area (TPSA) is 66.9 Å². The van der Waals surface area contributed by atoms with Crippen LogP contribution in [0, 0.1) is 0 Å². The van der Waals surface area contributed by atoms with Gasteiger partial charge in [0.1, 0.15) is 22.9 Å². The van der Waals surface area contributed by atoms with E-state index in [1.165, 1.54) is 14.2 Å². The van der Waals surface area contributed by atoms with E-state index in [0.717, 1.165) is 31.9 Å². The third kappa shape index (κ3) is 3.88. The van der Waals surface area contributed by atoms with Gasteiger partial charge in [-0.1, -0.05) is 6.07 Å². The molecule has 0 aliphatic carbocycles. The molecule has 7 nitrogen and oxygen atoms in total. The fourth-order valence-corrected chi connectivity index (χ4v) is 2.97. The lowest BCUT2D eigenvalue weighted by Gasteiger charge is -2.33. The molecule has 3 rings (SSSR count). The van der Waals surface area contributed by atoms with Crippen molar-refractivity contribution in [3.63, 3.8) is 0 Å². The molecule has 0 atom stereocenters. The number of hydrogen-bond donors (Lipinski definition) is 1. The zero-order valence-electron chi connectivity index (χ0n) is 15.4. The lowest BCUT2D eigenvalue weighted by molar-refractivity contribution is 0.102. The van der Waals surface area contributed by atoms with Gasteiger partial charge in [-0.15, -0.1) is 0 Å². The van der Waals surface area contributed by atoms with Gasteiger partial charge in [-0.2, -0.15) is 0 Å². The normalized spacial score (nSPS) is 14.8. The Morgan fingerprint density at radius 1 is 1.04 bits per heavy atom. The zero-order chi connectivity index (χ0) is 18.5. The number of methoxy groups -OCH3 is 2. The monoisotopic (exact) mass is 356 g/mol.